The van der Waals surface area contributed by atoms with Gasteiger partial charge in [0.25, 0.3) is 0 Å². The van der Waals surface area contributed by atoms with E-state index in [0.29, 0.717) is 32.1 Å². The average molecular weight is 1410 g/mol. The van der Waals surface area contributed by atoms with Gasteiger partial charge in [0.2, 0.25) is 11.5 Å². The second-order valence-corrected chi connectivity index (χ2v) is 31.4. The van der Waals surface area contributed by atoms with Crippen LogP contribution in [0.2, 0.25) is 0 Å². The van der Waals surface area contributed by atoms with Gasteiger partial charge >= 0.3 is 19.8 Å². The number of carbonyl (C=O) groups is 5. The molecule has 2 N–H and O–H groups in total. The average Bonchev–Trinajstić information content (AvgIpc) is 0.790. The topological polar surface area (TPSA) is 172 Å². The fraction of sp³-hybridized carbons (Fsp3) is 0.941. The molecule has 0 spiro atoms. The number of hydrogen-bond acceptors (Lipinski definition) is 10. The number of rotatable bonds is 82. The van der Waals surface area contributed by atoms with E-state index >= 15 is 0 Å². The minimum Gasteiger partial charge on any atom is -0.462 e. The van der Waals surface area contributed by atoms with Gasteiger partial charge in [0, 0.05) is 32.1 Å². The Bertz CT molecular complexity index is 1770. The Morgan fingerprint density at radius 1 is 0.306 bits per heavy atom. The molecule has 2 atom stereocenters. The number of amides is 1. The van der Waals surface area contributed by atoms with Crippen molar-refractivity contribution in [2.45, 2.75) is 496 Å². The monoisotopic (exact) mass is 1410 g/mol. The highest BCUT2D eigenvalue weighted by atomic mass is 31.2. The van der Waals surface area contributed by atoms with Crippen LogP contribution in [0.3, 0.4) is 0 Å². The minimum absolute atomic E-state index is 0.0779. The first-order valence-electron chi connectivity index (χ1n) is 43.3. The van der Waals surface area contributed by atoms with Gasteiger partial charge in [-0.25, -0.2) is 4.57 Å². The van der Waals surface area contributed by atoms with E-state index in [0.717, 1.165) is 109 Å². The Balaban J connectivity index is 6.40. The van der Waals surface area contributed by atoms with E-state index in [-0.39, 0.29) is 38.0 Å². The van der Waals surface area contributed by atoms with Crippen molar-refractivity contribution in [1.82, 2.24) is 5.32 Å². The predicted molar refractivity (Wildman–Crippen MR) is 415 cm³/mol. The summed E-state index contributed by atoms with van der Waals surface area (Å²) in [5.41, 5.74) is -2.50. The van der Waals surface area contributed by atoms with Crippen LogP contribution >= 0.6 is 7.82 Å². The second kappa shape index (κ2) is 74.6. The van der Waals surface area contributed by atoms with E-state index in [4.69, 9.17) is 18.5 Å². The number of phosphoric acid groups is 1. The quantitative estimate of drug-likeness (QED) is 0.0257. The zero-order valence-electron chi connectivity index (χ0n) is 65.7. The van der Waals surface area contributed by atoms with Crippen LogP contribution in [0.1, 0.15) is 484 Å². The number of Topliss-reactive ketones (excluding diaryl/α,β-unsaturated/α-hetero) is 2. The summed E-state index contributed by atoms with van der Waals surface area (Å²) in [4.78, 5) is 82.3. The first-order valence-corrected chi connectivity index (χ1v) is 44.8. The molecule has 0 aliphatic carbocycles. The molecule has 1 amide bonds. The van der Waals surface area contributed by atoms with E-state index in [1.54, 1.807) is 0 Å². The Hall–Kier alpha value is -2.14. The summed E-state index contributed by atoms with van der Waals surface area (Å²) in [6.07, 6.45) is 73.6. The highest BCUT2D eigenvalue weighted by molar-refractivity contribution is 7.47. The van der Waals surface area contributed by atoms with Crippen molar-refractivity contribution in [3.05, 3.63) is 0 Å². The van der Waals surface area contributed by atoms with Gasteiger partial charge < -0.3 is 19.7 Å². The van der Waals surface area contributed by atoms with Crippen LogP contribution in [0.15, 0.2) is 0 Å². The smallest absolute Gasteiger partial charge is 0.462 e. The summed E-state index contributed by atoms with van der Waals surface area (Å²) in [6, 6.07) is 0. The molecule has 1 unspecified atom stereocenters. The molecule has 98 heavy (non-hydrogen) atoms. The molecule has 0 rings (SSSR count). The molecule has 0 aromatic carbocycles. The molecular weight excluding hydrogens is 1240 g/mol. The van der Waals surface area contributed by atoms with E-state index in [9.17, 15) is 33.4 Å². The van der Waals surface area contributed by atoms with Crippen molar-refractivity contribution in [2.75, 3.05) is 19.8 Å². The molecule has 0 aromatic heterocycles. The summed E-state index contributed by atoms with van der Waals surface area (Å²) < 4.78 is 37.9. The summed E-state index contributed by atoms with van der Waals surface area (Å²) in [6.45, 7) is 9.55. The lowest BCUT2D eigenvalue weighted by Gasteiger charge is -2.33. The van der Waals surface area contributed by atoms with Crippen LogP contribution in [0, 0.1) is 0 Å². The number of hydrogen-bond donors (Lipinski definition) is 2. The van der Waals surface area contributed by atoms with Crippen molar-refractivity contribution < 1.29 is 52.0 Å². The summed E-state index contributed by atoms with van der Waals surface area (Å²) in [5, 5.41) is 2.85. The van der Waals surface area contributed by atoms with Crippen LogP contribution in [0.4, 0.5) is 0 Å². The first kappa shape index (κ1) is 95.9. The van der Waals surface area contributed by atoms with Gasteiger partial charge in [-0.1, -0.05) is 420 Å². The van der Waals surface area contributed by atoms with Crippen LogP contribution in [0.5, 0.6) is 0 Å². The zero-order valence-corrected chi connectivity index (χ0v) is 66.6. The van der Waals surface area contributed by atoms with E-state index < -0.39 is 62.8 Å². The lowest BCUT2D eigenvalue weighted by atomic mass is 9.86. The molecule has 580 valence electrons. The lowest BCUT2D eigenvalue weighted by molar-refractivity contribution is -0.161. The summed E-state index contributed by atoms with van der Waals surface area (Å²) in [5.74, 6) is -2.65. The van der Waals surface area contributed by atoms with E-state index in [1.807, 2.05) is 0 Å². The number of unbranched alkanes of at least 4 members (excludes halogenated alkanes) is 60. The SMILES string of the molecule is CCCCCCCCCCCCCCCC(=O)NCC(OP(=O)(O)OC[C@@H](COC(=O)CCCCCCCCCCCCCCC)OC(=O)CCCCCCCCCCCCCCC)(C(=O)CCCCCCCCCCCCCCC)C(=O)CCCCCCCCCCCCCCC. The zero-order chi connectivity index (χ0) is 71.6. The Kier molecular flexibility index (Phi) is 72.9. The van der Waals surface area contributed by atoms with Gasteiger partial charge in [0.1, 0.15) is 6.61 Å². The molecule has 0 aliphatic heterocycles. The standard InChI is InChI=1S/C85H164NO11P/c1-6-11-16-21-26-31-36-41-46-51-56-61-66-71-80(87)85(81(88)72-67-62-57-52-47-42-37-32-27-22-17-12-7-2,78-86-82(89)73-68-63-58-53-48-43-38-33-28-23-18-13-8-3)97-98(92,93)95-77-79(96-84(91)75-70-65-60-55-50-45-40-35-30-25-20-15-10-5)76-94-83(90)74-69-64-59-54-49-44-39-34-29-24-19-14-9-4/h79H,6-78H2,1-5H3,(H,86,89)(H,92,93)/t79-/m1/s1. The Morgan fingerprint density at radius 2 is 0.531 bits per heavy atom. The maximum atomic E-state index is 15.0. The fourth-order valence-corrected chi connectivity index (χ4v) is 14.8. The van der Waals surface area contributed by atoms with Crippen LogP contribution < -0.4 is 5.32 Å². The van der Waals surface area contributed by atoms with E-state index in [1.165, 1.54) is 276 Å². The molecule has 0 aromatic rings. The van der Waals surface area contributed by atoms with Crippen LogP contribution in [-0.2, 0) is 47.1 Å². The van der Waals surface area contributed by atoms with Crippen molar-refractivity contribution in [3.8, 4) is 0 Å². The maximum absolute atomic E-state index is 15.0. The lowest BCUT2D eigenvalue weighted by Crippen LogP contribution is -2.56. The molecule has 0 radical (unpaired) electrons. The van der Waals surface area contributed by atoms with Gasteiger partial charge in [0.15, 0.2) is 17.7 Å². The van der Waals surface area contributed by atoms with Crippen molar-refractivity contribution in [2.24, 2.45) is 0 Å². The molecule has 0 fully saturated rings. The van der Waals surface area contributed by atoms with Crippen LogP contribution in [0.25, 0.3) is 0 Å². The molecule has 0 heterocycles. The third-order valence-corrected chi connectivity index (χ3v) is 21.4. The van der Waals surface area contributed by atoms with Gasteiger partial charge in [-0.2, -0.15) is 0 Å². The Morgan fingerprint density at radius 3 is 0.796 bits per heavy atom. The van der Waals surface area contributed by atoms with E-state index in [2.05, 4.69) is 39.9 Å². The third kappa shape index (κ3) is 64.7. The largest absolute Gasteiger partial charge is 0.473 e. The fourth-order valence-electron chi connectivity index (χ4n) is 13.7. The van der Waals surface area contributed by atoms with Crippen molar-refractivity contribution in [3.63, 3.8) is 0 Å². The maximum Gasteiger partial charge on any atom is 0.473 e. The molecule has 0 saturated heterocycles. The normalized spacial score (nSPS) is 12.7. The number of nitrogens with one attached hydrogen (secondary N) is 1. The number of ketones is 2. The first-order chi connectivity index (χ1) is 47.9. The number of carbonyl (C=O) groups excluding carboxylic acids is 5. The summed E-state index contributed by atoms with van der Waals surface area (Å²) in [7, 11) is -5.34. The minimum atomic E-state index is -5.34. The highest BCUT2D eigenvalue weighted by Gasteiger charge is 2.51. The van der Waals surface area contributed by atoms with Gasteiger partial charge in [-0.3, -0.25) is 33.0 Å². The third-order valence-electron chi connectivity index (χ3n) is 20.3. The van der Waals surface area contributed by atoms with Crippen molar-refractivity contribution >= 4 is 37.2 Å². The molecule has 13 heteroatoms. The molecule has 12 nitrogen and oxygen atoms in total. The number of ether oxygens (including phenoxy) is 2. The van der Waals surface area contributed by atoms with Crippen LogP contribution in [-0.4, -0.2) is 65.8 Å². The van der Waals surface area contributed by atoms with Gasteiger partial charge in [0.05, 0.1) is 13.2 Å². The number of phosphoric ester groups is 1. The molecule has 0 bridgehead atoms. The second-order valence-electron chi connectivity index (χ2n) is 30.1. The molecule has 0 aliphatic rings. The van der Waals surface area contributed by atoms with Crippen molar-refractivity contribution in [1.29, 1.82) is 0 Å². The molecular formula is C85H164NO11P. The highest BCUT2D eigenvalue weighted by Crippen LogP contribution is 2.49. The Labute approximate surface area is 607 Å². The predicted octanol–water partition coefficient (Wildman–Crippen LogP) is 27.0. The van der Waals surface area contributed by atoms with Gasteiger partial charge in [-0.05, 0) is 32.1 Å². The van der Waals surface area contributed by atoms with Gasteiger partial charge in [-0.15, -0.1) is 0 Å². The number of esters is 2. The summed E-state index contributed by atoms with van der Waals surface area (Å²) >= 11 is 0. The molecule has 0 saturated carbocycles.